The van der Waals surface area contributed by atoms with Gasteiger partial charge >= 0.3 is 13.8 Å². The third kappa shape index (κ3) is 41.8. The number of aliphatic hydroxyl groups excluding tert-OH is 2. The molecule has 0 saturated carbocycles. The van der Waals surface area contributed by atoms with Crippen molar-refractivity contribution in [3.8, 4) is 0 Å². The van der Waals surface area contributed by atoms with Crippen molar-refractivity contribution in [3.63, 3.8) is 0 Å². The Morgan fingerprint density at radius 1 is 0.571 bits per heavy atom. The fourth-order valence-corrected chi connectivity index (χ4v) is 6.68. The van der Waals surface area contributed by atoms with Crippen molar-refractivity contribution in [3.05, 3.63) is 60.8 Å². The van der Waals surface area contributed by atoms with E-state index < -0.39 is 45.8 Å². The molecular formula is C46H83O9P. The van der Waals surface area contributed by atoms with E-state index in [1.165, 1.54) is 103 Å². The molecule has 0 aliphatic rings. The second-order valence-electron chi connectivity index (χ2n) is 14.7. The van der Waals surface area contributed by atoms with E-state index in [1.54, 1.807) is 0 Å². The van der Waals surface area contributed by atoms with Crippen molar-refractivity contribution in [1.82, 2.24) is 0 Å². The summed E-state index contributed by atoms with van der Waals surface area (Å²) in [4.78, 5) is 22.6. The summed E-state index contributed by atoms with van der Waals surface area (Å²) in [7, 11) is -4.54. The van der Waals surface area contributed by atoms with Crippen LogP contribution in [0.25, 0.3) is 0 Å². The third-order valence-corrected chi connectivity index (χ3v) is 10.2. The molecule has 326 valence electrons. The molecule has 3 unspecified atom stereocenters. The van der Waals surface area contributed by atoms with E-state index >= 15 is 0 Å². The maximum absolute atomic E-state index is 12.6. The quantitative estimate of drug-likeness (QED) is 0.0239. The second-order valence-corrected chi connectivity index (χ2v) is 16.1. The van der Waals surface area contributed by atoms with Crippen LogP contribution in [-0.2, 0) is 27.9 Å². The predicted octanol–water partition coefficient (Wildman–Crippen LogP) is 12.4. The number of aliphatic hydroxyl groups is 2. The molecule has 0 fully saturated rings. The summed E-state index contributed by atoms with van der Waals surface area (Å²) in [6.07, 6.45) is 49.2. The molecule has 0 amide bonds. The number of ether oxygens (including phenoxy) is 2. The number of allylic oxidation sites excluding steroid dienone is 9. The van der Waals surface area contributed by atoms with Crippen LogP contribution < -0.4 is 0 Å². The average Bonchev–Trinajstić information content (AvgIpc) is 3.19. The molecule has 0 aromatic rings. The molecule has 0 spiro atoms. The van der Waals surface area contributed by atoms with Crippen LogP contribution in [0.1, 0.15) is 181 Å². The molecule has 0 rings (SSSR count). The normalized spacial score (nSPS) is 14.6. The van der Waals surface area contributed by atoms with E-state index in [0.29, 0.717) is 13.0 Å². The molecule has 0 saturated heterocycles. The largest absolute Gasteiger partial charge is 0.472 e. The first-order valence-electron chi connectivity index (χ1n) is 22.3. The van der Waals surface area contributed by atoms with E-state index in [0.717, 1.165) is 51.4 Å². The van der Waals surface area contributed by atoms with Gasteiger partial charge in [-0.05, 0) is 44.9 Å². The summed E-state index contributed by atoms with van der Waals surface area (Å²) in [5.74, 6) is -0.406. The molecule has 0 radical (unpaired) electrons. The molecule has 0 heterocycles. The van der Waals surface area contributed by atoms with Crippen LogP contribution in [0.4, 0.5) is 0 Å². The molecular weight excluding hydrogens is 727 g/mol. The first-order chi connectivity index (χ1) is 27.3. The molecule has 3 N–H and O–H groups in total. The van der Waals surface area contributed by atoms with Gasteiger partial charge in [-0.2, -0.15) is 0 Å². The second kappa shape index (κ2) is 42.8. The number of phosphoric ester groups is 1. The van der Waals surface area contributed by atoms with Gasteiger partial charge in [0.15, 0.2) is 0 Å². The maximum Gasteiger partial charge on any atom is 0.472 e. The van der Waals surface area contributed by atoms with E-state index in [2.05, 4.69) is 68.5 Å². The Hall–Kier alpha value is -1.84. The highest BCUT2D eigenvalue weighted by molar-refractivity contribution is 7.47. The molecule has 56 heavy (non-hydrogen) atoms. The van der Waals surface area contributed by atoms with Crippen LogP contribution >= 0.6 is 7.82 Å². The number of carbonyl (C=O) groups is 1. The standard InChI is InChI=1S/C46H83O9P/c1-3-5-7-9-11-13-15-17-19-21-22-23-24-26-28-30-32-34-36-38-46(49)55-45(43-54-56(50,51)53-41-44(48)40-47)42-52-39-37-35-33-31-29-27-25-20-18-16-14-12-10-8-6-4-2/h6,8,12,14,18,20,27,29,33,35,44-45,47-48H,3-5,7,9-11,13,15-17,19,21-26,28,30-32,34,36-43H2,1-2H3,(H,50,51)/b8-6-,14-12-,20-18-,29-27-,35-33-. The lowest BCUT2D eigenvalue weighted by molar-refractivity contribution is -0.154. The van der Waals surface area contributed by atoms with Gasteiger partial charge in [0.25, 0.3) is 0 Å². The predicted molar refractivity (Wildman–Crippen MR) is 233 cm³/mol. The summed E-state index contributed by atoms with van der Waals surface area (Å²) in [6, 6.07) is 0. The van der Waals surface area contributed by atoms with Gasteiger partial charge in [0.2, 0.25) is 0 Å². The van der Waals surface area contributed by atoms with Gasteiger partial charge in [0, 0.05) is 6.42 Å². The van der Waals surface area contributed by atoms with Crippen molar-refractivity contribution in [1.29, 1.82) is 0 Å². The monoisotopic (exact) mass is 811 g/mol. The zero-order valence-electron chi connectivity index (χ0n) is 35.6. The lowest BCUT2D eigenvalue weighted by Crippen LogP contribution is -2.29. The summed E-state index contributed by atoms with van der Waals surface area (Å²) in [5.41, 5.74) is 0. The molecule has 0 aromatic carbocycles. The van der Waals surface area contributed by atoms with Gasteiger partial charge in [-0.25, -0.2) is 4.57 Å². The highest BCUT2D eigenvalue weighted by Gasteiger charge is 2.26. The first-order valence-corrected chi connectivity index (χ1v) is 23.8. The third-order valence-electron chi connectivity index (χ3n) is 9.24. The Labute approximate surface area is 342 Å². The molecule has 0 aliphatic heterocycles. The minimum atomic E-state index is -4.54. The van der Waals surface area contributed by atoms with Gasteiger partial charge in [-0.3, -0.25) is 13.8 Å². The SMILES string of the molecule is CC/C=C\C/C=C\C/C=C\C/C=C\C/C=C\CCOCC(COP(=O)(O)OCC(O)CO)OC(=O)CCCCCCCCCCCCCCCCCCCCC. The van der Waals surface area contributed by atoms with E-state index in [4.69, 9.17) is 23.6 Å². The Kier molecular flexibility index (Phi) is 41.4. The fourth-order valence-electron chi connectivity index (χ4n) is 5.89. The zero-order valence-corrected chi connectivity index (χ0v) is 36.5. The van der Waals surface area contributed by atoms with Crippen molar-refractivity contribution in [2.75, 3.05) is 33.0 Å². The minimum Gasteiger partial charge on any atom is -0.457 e. The lowest BCUT2D eigenvalue weighted by atomic mass is 10.0. The number of rotatable bonds is 42. The highest BCUT2D eigenvalue weighted by atomic mass is 31.2. The van der Waals surface area contributed by atoms with E-state index in [9.17, 15) is 19.4 Å². The van der Waals surface area contributed by atoms with Crippen LogP contribution in [-0.4, -0.2) is 66.3 Å². The van der Waals surface area contributed by atoms with Crippen molar-refractivity contribution >= 4 is 13.8 Å². The number of carbonyl (C=O) groups excluding carboxylic acids is 1. The van der Waals surface area contributed by atoms with Crippen molar-refractivity contribution in [2.24, 2.45) is 0 Å². The van der Waals surface area contributed by atoms with Crippen LogP contribution in [0.15, 0.2) is 60.8 Å². The summed E-state index contributed by atoms with van der Waals surface area (Å²) in [5, 5.41) is 18.3. The lowest BCUT2D eigenvalue weighted by Gasteiger charge is -2.20. The highest BCUT2D eigenvalue weighted by Crippen LogP contribution is 2.43. The molecule has 10 heteroatoms. The van der Waals surface area contributed by atoms with Crippen LogP contribution in [0.3, 0.4) is 0 Å². The summed E-state index contributed by atoms with van der Waals surface area (Å²) >= 11 is 0. The molecule has 0 bridgehead atoms. The minimum absolute atomic E-state index is 0.00505. The number of unbranched alkanes of at least 4 members (excludes halogenated alkanes) is 18. The topological polar surface area (TPSA) is 132 Å². The molecule has 0 aromatic heterocycles. The van der Waals surface area contributed by atoms with E-state index in [1.807, 2.05) is 6.08 Å². The zero-order chi connectivity index (χ0) is 41.1. The Morgan fingerprint density at radius 3 is 1.43 bits per heavy atom. The van der Waals surface area contributed by atoms with Gasteiger partial charge in [0.05, 0.1) is 33.0 Å². The maximum atomic E-state index is 12.6. The van der Waals surface area contributed by atoms with Crippen LogP contribution in [0.5, 0.6) is 0 Å². The van der Waals surface area contributed by atoms with Crippen LogP contribution in [0.2, 0.25) is 0 Å². The Balaban J connectivity index is 4.23. The van der Waals surface area contributed by atoms with Crippen molar-refractivity contribution < 1.29 is 43.0 Å². The average molecular weight is 811 g/mol. The van der Waals surface area contributed by atoms with Crippen molar-refractivity contribution in [2.45, 2.75) is 193 Å². The molecule has 3 atom stereocenters. The summed E-state index contributed by atoms with van der Waals surface area (Å²) in [6.45, 7) is 3.19. The van der Waals surface area contributed by atoms with Gasteiger partial charge < -0.3 is 24.6 Å². The molecule has 0 aliphatic carbocycles. The van der Waals surface area contributed by atoms with Gasteiger partial charge in [-0.1, -0.05) is 190 Å². The number of hydrogen-bond donors (Lipinski definition) is 3. The summed E-state index contributed by atoms with van der Waals surface area (Å²) < 4.78 is 33.3. The smallest absolute Gasteiger partial charge is 0.457 e. The number of esters is 1. The van der Waals surface area contributed by atoms with Crippen LogP contribution in [0, 0.1) is 0 Å². The number of phosphoric acid groups is 1. The molecule has 9 nitrogen and oxygen atoms in total. The fraction of sp³-hybridized carbons (Fsp3) is 0.761. The van der Waals surface area contributed by atoms with E-state index in [-0.39, 0.29) is 13.0 Å². The number of hydrogen-bond acceptors (Lipinski definition) is 8. The van der Waals surface area contributed by atoms with Gasteiger partial charge in [0.1, 0.15) is 12.2 Å². The van der Waals surface area contributed by atoms with Gasteiger partial charge in [-0.15, -0.1) is 0 Å². The first kappa shape index (κ1) is 54.2. The Bertz CT molecular complexity index is 1060. The Morgan fingerprint density at radius 2 is 0.982 bits per heavy atom.